The Morgan fingerprint density at radius 1 is 1.18 bits per heavy atom. The van der Waals surface area contributed by atoms with E-state index in [-0.39, 0.29) is 23.2 Å². The van der Waals surface area contributed by atoms with Crippen LogP contribution in [-0.4, -0.2) is 35.2 Å². The van der Waals surface area contributed by atoms with E-state index in [4.69, 9.17) is 0 Å². The smallest absolute Gasteiger partial charge is 0.251 e. The number of carbonyl (C=O) groups is 1. The Kier molecular flexibility index (Phi) is 5.38. The largest absolute Gasteiger partial charge is 0.355 e. The highest BCUT2D eigenvalue weighted by atomic mass is 19.1. The van der Waals surface area contributed by atoms with Gasteiger partial charge in [0.05, 0.1) is 23.0 Å². The Hall–Kier alpha value is -3.65. The highest BCUT2D eigenvalue weighted by Gasteiger charge is 2.27. The minimum Gasteiger partial charge on any atom is -0.355 e. The van der Waals surface area contributed by atoms with Crippen LogP contribution in [0.25, 0.3) is 33.4 Å². The fourth-order valence-electron chi connectivity index (χ4n) is 4.70. The average Bonchev–Trinajstić information content (AvgIpc) is 3.26. The number of halogens is 2. The van der Waals surface area contributed by atoms with Gasteiger partial charge in [0.25, 0.3) is 5.91 Å². The third-order valence-electron chi connectivity index (χ3n) is 6.35. The number of pyridine rings is 1. The lowest BCUT2D eigenvalue weighted by Crippen LogP contribution is -2.23. The fourth-order valence-corrected chi connectivity index (χ4v) is 4.70. The van der Waals surface area contributed by atoms with E-state index in [0.717, 1.165) is 12.8 Å². The SMILES string of the molecule is CNC(=O)c1ccccc1-c1n[nH]c2cnc(-c3c(F)cc4c(c3F)CCCC4NC)cc12. The number of hydrogen-bond acceptors (Lipinski definition) is 4. The molecule has 6 nitrogen and oxygen atoms in total. The van der Waals surface area contributed by atoms with Crippen LogP contribution in [0.4, 0.5) is 8.78 Å². The first-order valence-corrected chi connectivity index (χ1v) is 10.9. The second-order valence-corrected chi connectivity index (χ2v) is 8.16. The number of aromatic nitrogens is 3. The van der Waals surface area contributed by atoms with E-state index in [1.54, 1.807) is 38.4 Å². The Morgan fingerprint density at radius 3 is 2.79 bits per heavy atom. The number of benzene rings is 2. The maximum atomic E-state index is 15.6. The lowest BCUT2D eigenvalue weighted by Gasteiger charge is -2.26. The van der Waals surface area contributed by atoms with Gasteiger partial charge in [0.15, 0.2) is 0 Å². The summed E-state index contributed by atoms with van der Waals surface area (Å²) in [4.78, 5) is 16.7. The van der Waals surface area contributed by atoms with Crippen LogP contribution in [-0.2, 0) is 6.42 Å². The van der Waals surface area contributed by atoms with Gasteiger partial charge in [0.2, 0.25) is 0 Å². The minimum atomic E-state index is -0.643. The number of nitrogens with zero attached hydrogens (tertiary/aromatic N) is 2. The third kappa shape index (κ3) is 3.47. The van der Waals surface area contributed by atoms with Crippen molar-refractivity contribution in [3.05, 3.63) is 70.9 Å². The maximum absolute atomic E-state index is 15.6. The predicted molar refractivity (Wildman–Crippen MR) is 123 cm³/mol. The van der Waals surface area contributed by atoms with Crippen LogP contribution in [0.3, 0.4) is 0 Å². The molecule has 1 aliphatic carbocycles. The molecular weight excluding hydrogens is 424 g/mol. The van der Waals surface area contributed by atoms with Crippen molar-refractivity contribution in [2.45, 2.75) is 25.3 Å². The van der Waals surface area contributed by atoms with Gasteiger partial charge in [-0.25, -0.2) is 8.78 Å². The summed E-state index contributed by atoms with van der Waals surface area (Å²) in [6, 6.07) is 10.1. The van der Waals surface area contributed by atoms with Crippen LogP contribution in [0.1, 0.15) is 40.4 Å². The van der Waals surface area contributed by atoms with Gasteiger partial charge in [-0.3, -0.25) is 14.9 Å². The fraction of sp³-hybridized carbons (Fsp3) is 0.240. The first-order chi connectivity index (χ1) is 16.0. The first kappa shape index (κ1) is 21.2. The first-order valence-electron chi connectivity index (χ1n) is 10.9. The van der Waals surface area contributed by atoms with E-state index in [9.17, 15) is 4.79 Å². The van der Waals surface area contributed by atoms with Crippen molar-refractivity contribution in [2.75, 3.05) is 14.1 Å². The molecule has 1 atom stereocenters. The molecule has 2 aromatic carbocycles. The highest BCUT2D eigenvalue weighted by molar-refractivity contribution is 6.04. The standard InChI is InChI=1S/C25H23F2N5O/c1-28-19-9-5-8-13-16(19)10-18(26)22(23(13)27)20-11-17-21(12-30-20)31-32-24(17)14-6-3-4-7-15(14)25(33)29-2/h3-4,6-7,10-12,19,28H,5,8-9H2,1-2H3,(H,29,33)(H,31,32). The molecule has 0 radical (unpaired) electrons. The van der Waals surface area contributed by atoms with Crippen LogP contribution >= 0.6 is 0 Å². The summed E-state index contributed by atoms with van der Waals surface area (Å²) in [5.41, 5.74) is 3.45. The molecule has 0 saturated carbocycles. The molecule has 1 amide bonds. The zero-order chi connectivity index (χ0) is 23.1. The number of rotatable bonds is 4. The van der Waals surface area contributed by atoms with Gasteiger partial charge in [0.1, 0.15) is 17.3 Å². The van der Waals surface area contributed by atoms with Crippen LogP contribution in [0.5, 0.6) is 0 Å². The number of aromatic amines is 1. The molecule has 0 aliphatic heterocycles. The lowest BCUT2D eigenvalue weighted by atomic mass is 9.85. The summed E-state index contributed by atoms with van der Waals surface area (Å²) in [5.74, 6) is -1.45. The second kappa shape index (κ2) is 8.37. The normalized spacial score (nSPS) is 15.5. The highest BCUT2D eigenvalue weighted by Crippen LogP contribution is 2.38. The number of hydrogen-bond donors (Lipinski definition) is 3. The second-order valence-electron chi connectivity index (χ2n) is 8.16. The maximum Gasteiger partial charge on any atom is 0.251 e. The van der Waals surface area contributed by atoms with Gasteiger partial charge < -0.3 is 10.6 Å². The number of fused-ring (bicyclic) bond motifs is 2. The molecule has 8 heteroatoms. The van der Waals surface area contributed by atoms with Gasteiger partial charge >= 0.3 is 0 Å². The van der Waals surface area contributed by atoms with Crippen molar-refractivity contribution in [1.82, 2.24) is 25.8 Å². The van der Waals surface area contributed by atoms with Gasteiger partial charge in [-0.2, -0.15) is 5.10 Å². The molecule has 168 valence electrons. The Morgan fingerprint density at radius 2 is 2.00 bits per heavy atom. The molecule has 0 spiro atoms. The van der Waals surface area contributed by atoms with E-state index >= 15 is 8.78 Å². The molecule has 2 aromatic heterocycles. The third-order valence-corrected chi connectivity index (χ3v) is 6.35. The van der Waals surface area contributed by atoms with Gasteiger partial charge in [-0.15, -0.1) is 0 Å². The summed E-state index contributed by atoms with van der Waals surface area (Å²) < 4.78 is 30.8. The Balaban J connectivity index is 1.68. The topological polar surface area (TPSA) is 82.7 Å². The van der Waals surface area contributed by atoms with Gasteiger partial charge in [0, 0.05) is 29.6 Å². The molecule has 5 rings (SSSR count). The molecule has 2 heterocycles. The van der Waals surface area contributed by atoms with Gasteiger partial charge in [-0.1, -0.05) is 18.2 Å². The molecule has 4 aromatic rings. The van der Waals surface area contributed by atoms with Crippen LogP contribution < -0.4 is 10.6 Å². The van der Waals surface area contributed by atoms with E-state index in [1.807, 2.05) is 6.07 Å². The minimum absolute atomic E-state index is 0.0658. The molecule has 1 unspecified atom stereocenters. The number of nitrogens with one attached hydrogen (secondary N) is 3. The van der Waals surface area contributed by atoms with Crippen LogP contribution in [0, 0.1) is 11.6 Å². The Bertz CT molecular complexity index is 1380. The quantitative estimate of drug-likeness (QED) is 0.429. The summed E-state index contributed by atoms with van der Waals surface area (Å²) in [6.07, 6.45) is 3.74. The summed E-state index contributed by atoms with van der Waals surface area (Å²) in [7, 11) is 3.36. The molecule has 1 aliphatic rings. The van der Waals surface area contributed by atoms with Gasteiger partial charge in [-0.05, 0) is 55.6 Å². The molecule has 33 heavy (non-hydrogen) atoms. The van der Waals surface area contributed by atoms with Crippen molar-refractivity contribution in [3.63, 3.8) is 0 Å². The van der Waals surface area contributed by atoms with E-state index in [0.29, 0.717) is 45.3 Å². The monoisotopic (exact) mass is 447 g/mol. The van der Waals surface area contributed by atoms with Crippen LogP contribution in [0.2, 0.25) is 0 Å². The summed E-state index contributed by atoms with van der Waals surface area (Å²) in [5, 5.41) is 13.7. The summed E-state index contributed by atoms with van der Waals surface area (Å²) >= 11 is 0. The zero-order valence-electron chi connectivity index (χ0n) is 18.3. The van der Waals surface area contributed by atoms with Crippen molar-refractivity contribution in [1.29, 1.82) is 0 Å². The predicted octanol–water partition coefficient (Wildman–Crippen LogP) is 4.53. The Labute approximate surface area is 189 Å². The molecule has 0 bridgehead atoms. The lowest BCUT2D eigenvalue weighted by molar-refractivity contribution is 0.0963. The van der Waals surface area contributed by atoms with Crippen molar-refractivity contribution in [2.24, 2.45) is 0 Å². The molecule has 3 N–H and O–H groups in total. The van der Waals surface area contributed by atoms with E-state index in [1.165, 1.54) is 12.3 Å². The van der Waals surface area contributed by atoms with E-state index in [2.05, 4.69) is 25.8 Å². The average molecular weight is 447 g/mol. The molecule has 0 fully saturated rings. The van der Waals surface area contributed by atoms with Crippen molar-refractivity contribution >= 4 is 16.8 Å². The molecular formula is C25H23F2N5O. The molecule has 0 saturated heterocycles. The summed E-state index contributed by atoms with van der Waals surface area (Å²) in [6.45, 7) is 0. The van der Waals surface area contributed by atoms with Crippen molar-refractivity contribution in [3.8, 4) is 22.5 Å². The van der Waals surface area contributed by atoms with Crippen LogP contribution in [0.15, 0.2) is 42.6 Å². The number of amides is 1. The number of carbonyl (C=O) groups excluding carboxylic acids is 1. The van der Waals surface area contributed by atoms with E-state index < -0.39 is 11.6 Å². The zero-order valence-corrected chi connectivity index (χ0v) is 18.3. The number of H-pyrrole nitrogens is 1. The van der Waals surface area contributed by atoms with Crippen molar-refractivity contribution < 1.29 is 13.6 Å².